The number of carbonyl (C=O) groups excluding carboxylic acids is 2. The van der Waals surface area contributed by atoms with E-state index in [4.69, 9.17) is 15.2 Å². The normalized spacial score (nSPS) is 11.9. The van der Waals surface area contributed by atoms with Gasteiger partial charge in [0.05, 0.1) is 12.0 Å². The molecule has 0 aliphatic rings. The summed E-state index contributed by atoms with van der Waals surface area (Å²) >= 11 is 0. The summed E-state index contributed by atoms with van der Waals surface area (Å²) < 4.78 is 25.6. The van der Waals surface area contributed by atoms with Gasteiger partial charge >= 0.3 is 12.1 Å². The molecule has 0 saturated heterocycles. The summed E-state index contributed by atoms with van der Waals surface area (Å²) in [4.78, 5) is 39.1. The highest BCUT2D eigenvalue weighted by atomic mass is 19.1. The molecule has 0 fully saturated rings. The van der Waals surface area contributed by atoms with Crippen molar-refractivity contribution in [2.45, 2.75) is 45.3 Å². The van der Waals surface area contributed by atoms with Gasteiger partial charge in [-0.3, -0.25) is 9.59 Å². The van der Waals surface area contributed by atoms with E-state index in [1.807, 2.05) is 30.3 Å². The second-order valence-electron chi connectivity index (χ2n) is 9.31. The molecule has 2 aromatic carbocycles. The number of hydrogen-bond acceptors (Lipinski definition) is 6. The number of primary amides is 1. The molecule has 0 aliphatic carbocycles. The number of nitrogens with two attached hydrogens (primary N) is 1. The SMILES string of the molecule is CC(C)(C)OC(=O)NC(CC(=O)O)Cc1cc(-c2ccccc2)ccc1Oc1ncc(C(N)=O)cc1F. The molecular weight excluding hydrogens is 481 g/mol. The summed E-state index contributed by atoms with van der Waals surface area (Å²) in [5.41, 5.74) is 6.46. The van der Waals surface area contributed by atoms with Crippen LogP contribution in [0, 0.1) is 5.82 Å². The van der Waals surface area contributed by atoms with Crippen molar-refractivity contribution in [2.75, 3.05) is 0 Å². The lowest BCUT2D eigenvalue weighted by atomic mass is 9.97. The molecule has 0 radical (unpaired) electrons. The first kappa shape index (κ1) is 27.1. The van der Waals surface area contributed by atoms with Crippen molar-refractivity contribution in [3.63, 3.8) is 0 Å². The van der Waals surface area contributed by atoms with Crippen LogP contribution in [0.4, 0.5) is 9.18 Å². The minimum absolute atomic E-state index is 0.0303. The van der Waals surface area contributed by atoms with Crippen molar-refractivity contribution in [1.82, 2.24) is 10.3 Å². The van der Waals surface area contributed by atoms with E-state index in [-0.39, 0.29) is 17.7 Å². The Labute approximate surface area is 213 Å². The Kier molecular flexibility index (Phi) is 8.44. The van der Waals surface area contributed by atoms with Gasteiger partial charge in [-0.1, -0.05) is 36.4 Å². The van der Waals surface area contributed by atoms with Crippen molar-refractivity contribution in [3.05, 3.63) is 77.7 Å². The van der Waals surface area contributed by atoms with Crippen molar-refractivity contribution in [2.24, 2.45) is 5.73 Å². The highest BCUT2D eigenvalue weighted by molar-refractivity contribution is 5.92. The lowest BCUT2D eigenvalue weighted by Crippen LogP contribution is -2.41. The van der Waals surface area contributed by atoms with Gasteiger partial charge < -0.3 is 25.6 Å². The van der Waals surface area contributed by atoms with Crippen LogP contribution in [0.5, 0.6) is 11.6 Å². The number of hydrogen-bond donors (Lipinski definition) is 3. The van der Waals surface area contributed by atoms with Crippen LogP contribution < -0.4 is 15.8 Å². The van der Waals surface area contributed by atoms with Crippen LogP contribution in [0.1, 0.15) is 43.1 Å². The molecule has 0 spiro atoms. The fraction of sp³-hybridized carbons (Fsp3) is 0.259. The Bertz CT molecular complexity index is 1290. The monoisotopic (exact) mass is 509 g/mol. The zero-order chi connectivity index (χ0) is 27.2. The third-order valence-electron chi connectivity index (χ3n) is 5.07. The molecule has 0 saturated carbocycles. The maximum Gasteiger partial charge on any atom is 0.407 e. The quantitative estimate of drug-likeness (QED) is 0.380. The average molecular weight is 510 g/mol. The van der Waals surface area contributed by atoms with E-state index in [1.54, 1.807) is 39.0 Å². The molecule has 3 rings (SSSR count). The average Bonchev–Trinajstić information content (AvgIpc) is 2.80. The van der Waals surface area contributed by atoms with Crippen LogP contribution in [-0.4, -0.2) is 39.7 Å². The lowest BCUT2D eigenvalue weighted by molar-refractivity contribution is -0.137. The second-order valence-corrected chi connectivity index (χ2v) is 9.31. The van der Waals surface area contributed by atoms with Crippen LogP contribution in [0.3, 0.4) is 0 Å². The van der Waals surface area contributed by atoms with Crippen molar-refractivity contribution >= 4 is 18.0 Å². The van der Waals surface area contributed by atoms with Gasteiger partial charge in [-0.25, -0.2) is 14.2 Å². The van der Waals surface area contributed by atoms with E-state index >= 15 is 0 Å². The summed E-state index contributed by atoms with van der Waals surface area (Å²) in [5.74, 6) is -3.07. The molecule has 37 heavy (non-hydrogen) atoms. The molecule has 0 aliphatic heterocycles. The smallest absolute Gasteiger partial charge is 0.407 e. The van der Waals surface area contributed by atoms with Gasteiger partial charge in [0.1, 0.15) is 11.4 Å². The van der Waals surface area contributed by atoms with Gasteiger partial charge in [-0.05, 0) is 62.1 Å². The number of rotatable bonds is 9. The highest BCUT2D eigenvalue weighted by Gasteiger charge is 2.23. The number of nitrogens with one attached hydrogen (secondary N) is 1. The molecular formula is C27H28FN3O6. The van der Waals surface area contributed by atoms with Gasteiger partial charge in [0.2, 0.25) is 5.91 Å². The Morgan fingerprint density at radius 2 is 1.78 bits per heavy atom. The van der Waals surface area contributed by atoms with E-state index in [0.29, 0.717) is 5.56 Å². The summed E-state index contributed by atoms with van der Waals surface area (Å²) in [6.45, 7) is 5.08. The lowest BCUT2D eigenvalue weighted by Gasteiger charge is -2.24. The molecule has 1 atom stereocenters. The zero-order valence-electron chi connectivity index (χ0n) is 20.7. The topological polar surface area (TPSA) is 141 Å². The third-order valence-corrected chi connectivity index (χ3v) is 5.07. The molecule has 10 heteroatoms. The molecule has 194 valence electrons. The number of aromatic nitrogens is 1. The van der Waals surface area contributed by atoms with Crippen LogP contribution in [0.25, 0.3) is 11.1 Å². The minimum atomic E-state index is -1.13. The molecule has 2 amide bonds. The van der Waals surface area contributed by atoms with Gasteiger partial charge in [-0.15, -0.1) is 0 Å². The predicted molar refractivity (Wildman–Crippen MR) is 134 cm³/mol. The van der Waals surface area contributed by atoms with E-state index in [0.717, 1.165) is 23.4 Å². The van der Waals surface area contributed by atoms with E-state index in [9.17, 15) is 23.9 Å². The summed E-state index contributed by atoms with van der Waals surface area (Å²) in [6.07, 6.45) is -0.0394. The number of nitrogens with zero attached hydrogens (tertiary/aromatic N) is 1. The maximum atomic E-state index is 14.6. The van der Waals surface area contributed by atoms with E-state index in [2.05, 4.69) is 10.3 Å². The molecule has 9 nitrogen and oxygen atoms in total. The van der Waals surface area contributed by atoms with Crippen LogP contribution >= 0.6 is 0 Å². The number of alkyl carbamates (subject to hydrolysis) is 1. The van der Waals surface area contributed by atoms with E-state index in [1.165, 1.54) is 0 Å². The number of pyridine rings is 1. The Balaban J connectivity index is 1.98. The van der Waals surface area contributed by atoms with Crippen molar-refractivity contribution < 1.29 is 33.4 Å². The summed E-state index contributed by atoms with van der Waals surface area (Å²) in [6, 6.07) is 14.6. The number of amides is 2. The highest BCUT2D eigenvalue weighted by Crippen LogP contribution is 2.32. The van der Waals surface area contributed by atoms with Crippen molar-refractivity contribution in [1.29, 1.82) is 0 Å². The Morgan fingerprint density at radius 3 is 2.38 bits per heavy atom. The number of ether oxygens (including phenoxy) is 2. The Morgan fingerprint density at radius 1 is 1.08 bits per heavy atom. The molecule has 1 heterocycles. The largest absolute Gasteiger partial charge is 0.481 e. The number of halogens is 1. The number of benzene rings is 2. The van der Waals surface area contributed by atoms with Crippen LogP contribution in [0.2, 0.25) is 0 Å². The van der Waals surface area contributed by atoms with Crippen LogP contribution in [0.15, 0.2) is 60.8 Å². The number of carboxylic acid groups (broad SMARTS) is 1. The summed E-state index contributed by atoms with van der Waals surface area (Å²) in [7, 11) is 0. The fourth-order valence-corrected chi connectivity index (χ4v) is 3.51. The van der Waals surface area contributed by atoms with Gasteiger partial charge in [0.25, 0.3) is 5.88 Å². The van der Waals surface area contributed by atoms with E-state index < -0.39 is 47.7 Å². The molecule has 1 unspecified atom stereocenters. The third kappa shape index (κ3) is 8.03. The van der Waals surface area contributed by atoms with Gasteiger partial charge in [0, 0.05) is 12.2 Å². The fourth-order valence-electron chi connectivity index (χ4n) is 3.51. The molecule has 3 aromatic rings. The number of aliphatic carboxylic acids is 1. The molecule has 0 bridgehead atoms. The Hall–Kier alpha value is -4.47. The molecule has 1 aromatic heterocycles. The van der Waals surface area contributed by atoms with Crippen LogP contribution in [-0.2, 0) is 16.0 Å². The first-order valence-corrected chi connectivity index (χ1v) is 11.4. The van der Waals surface area contributed by atoms with Crippen molar-refractivity contribution in [3.8, 4) is 22.8 Å². The van der Waals surface area contributed by atoms with Gasteiger partial charge in [-0.2, -0.15) is 0 Å². The summed E-state index contributed by atoms with van der Waals surface area (Å²) in [5, 5.41) is 12.0. The van der Waals surface area contributed by atoms with Gasteiger partial charge in [0.15, 0.2) is 5.82 Å². The standard InChI is InChI=1S/C27H28FN3O6/c1-27(2,3)37-26(35)31-20(14-23(32)33)12-18-11-17(16-7-5-4-6-8-16)9-10-22(18)36-25-21(28)13-19(15-30-25)24(29)34/h4-11,13,15,20H,12,14H2,1-3H3,(H2,29,34)(H,31,35)(H,32,33). The maximum absolute atomic E-state index is 14.6. The minimum Gasteiger partial charge on any atom is -0.481 e. The molecule has 4 N–H and O–H groups in total. The second kappa shape index (κ2) is 11.5. The predicted octanol–water partition coefficient (Wildman–Crippen LogP) is 4.69. The number of carboxylic acids is 1. The first-order chi connectivity index (χ1) is 17.4. The zero-order valence-corrected chi connectivity index (χ0v) is 20.7. The number of carbonyl (C=O) groups is 3. The first-order valence-electron chi connectivity index (χ1n) is 11.4.